The molecule has 0 spiro atoms. The fourth-order valence-corrected chi connectivity index (χ4v) is 2.38. The molecule has 1 N–H and O–H groups in total. The summed E-state index contributed by atoms with van der Waals surface area (Å²) in [4.78, 5) is 14.0. The van der Waals surface area contributed by atoms with Gasteiger partial charge in [0, 0.05) is 13.6 Å². The van der Waals surface area contributed by atoms with E-state index in [1.807, 2.05) is 30.1 Å². The first kappa shape index (κ1) is 13.1. The molecule has 18 heavy (non-hydrogen) atoms. The van der Waals surface area contributed by atoms with Crippen LogP contribution in [0.3, 0.4) is 0 Å². The van der Waals surface area contributed by atoms with E-state index in [-0.39, 0.29) is 11.9 Å². The average Bonchev–Trinajstić information content (AvgIpc) is 2.46. The molecule has 0 bridgehead atoms. The van der Waals surface area contributed by atoms with Crippen molar-refractivity contribution in [1.82, 2.24) is 10.2 Å². The highest BCUT2D eigenvalue weighted by Gasteiger charge is 2.23. The predicted octanol–water partition coefficient (Wildman–Crippen LogP) is 1.83. The van der Waals surface area contributed by atoms with Crippen LogP contribution in [0.25, 0.3) is 0 Å². The number of benzene rings is 1. The standard InChI is InChI=1S/C15H22N2O/c1-17(12-10-13-7-3-2-4-8-13)15(18)14-9-5-6-11-16-14/h2-4,7-8,14,16H,5-6,9-12H2,1H3. The zero-order valence-corrected chi connectivity index (χ0v) is 11.1. The number of hydrogen-bond acceptors (Lipinski definition) is 2. The van der Waals surface area contributed by atoms with Gasteiger partial charge in [-0.25, -0.2) is 0 Å². The number of nitrogens with zero attached hydrogens (tertiary/aromatic N) is 1. The van der Waals surface area contributed by atoms with E-state index in [0.29, 0.717) is 0 Å². The van der Waals surface area contributed by atoms with Gasteiger partial charge in [0.1, 0.15) is 0 Å². The largest absolute Gasteiger partial charge is 0.344 e. The van der Waals surface area contributed by atoms with Crippen LogP contribution in [0, 0.1) is 0 Å². The van der Waals surface area contributed by atoms with E-state index in [4.69, 9.17) is 0 Å². The SMILES string of the molecule is CN(CCc1ccccc1)C(=O)C1CCCCN1. The molecule has 1 aromatic rings. The maximum absolute atomic E-state index is 12.2. The van der Waals surface area contributed by atoms with E-state index in [1.54, 1.807) is 0 Å². The van der Waals surface area contributed by atoms with Crippen molar-refractivity contribution >= 4 is 5.91 Å². The first-order chi connectivity index (χ1) is 8.77. The van der Waals surface area contributed by atoms with E-state index in [1.165, 1.54) is 12.0 Å². The topological polar surface area (TPSA) is 32.3 Å². The van der Waals surface area contributed by atoms with Gasteiger partial charge in [-0.1, -0.05) is 36.8 Å². The fraction of sp³-hybridized carbons (Fsp3) is 0.533. The molecule has 0 aromatic heterocycles. The van der Waals surface area contributed by atoms with Gasteiger partial charge in [0.2, 0.25) is 5.91 Å². The van der Waals surface area contributed by atoms with Crippen LogP contribution in [0.4, 0.5) is 0 Å². The minimum absolute atomic E-state index is 0.0412. The Morgan fingerprint density at radius 3 is 2.78 bits per heavy atom. The lowest BCUT2D eigenvalue weighted by Gasteiger charge is -2.27. The van der Waals surface area contributed by atoms with Crippen LogP contribution in [0.2, 0.25) is 0 Å². The van der Waals surface area contributed by atoms with E-state index in [0.717, 1.165) is 32.4 Å². The van der Waals surface area contributed by atoms with Crippen molar-refractivity contribution < 1.29 is 4.79 Å². The molecular formula is C15H22N2O. The quantitative estimate of drug-likeness (QED) is 0.879. The molecule has 1 aromatic carbocycles. The second-order valence-electron chi connectivity index (χ2n) is 5.00. The third-order valence-corrected chi connectivity index (χ3v) is 3.56. The Morgan fingerprint density at radius 2 is 2.11 bits per heavy atom. The summed E-state index contributed by atoms with van der Waals surface area (Å²) >= 11 is 0. The van der Waals surface area contributed by atoms with Crippen LogP contribution in [-0.2, 0) is 11.2 Å². The molecule has 1 aliphatic heterocycles. The highest BCUT2D eigenvalue weighted by atomic mass is 16.2. The first-order valence-electron chi connectivity index (χ1n) is 6.79. The number of carbonyl (C=O) groups is 1. The monoisotopic (exact) mass is 246 g/mol. The molecule has 98 valence electrons. The molecule has 1 heterocycles. The molecule has 1 unspecified atom stereocenters. The Hall–Kier alpha value is -1.35. The molecule has 0 saturated carbocycles. The molecule has 2 rings (SSSR count). The third-order valence-electron chi connectivity index (χ3n) is 3.56. The summed E-state index contributed by atoms with van der Waals surface area (Å²) in [5.74, 6) is 0.241. The summed E-state index contributed by atoms with van der Waals surface area (Å²) in [7, 11) is 1.90. The number of piperidine rings is 1. The van der Waals surface area contributed by atoms with E-state index < -0.39 is 0 Å². The van der Waals surface area contributed by atoms with Gasteiger partial charge in [0.25, 0.3) is 0 Å². The van der Waals surface area contributed by atoms with Gasteiger partial charge in [-0.05, 0) is 31.4 Å². The summed E-state index contributed by atoms with van der Waals surface area (Å²) in [6, 6.07) is 10.4. The second-order valence-corrected chi connectivity index (χ2v) is 5.00. The highest BCUT2D eigenvalue weighted by Crippen LogP contribution is 2.09. The van der Waals surface area contributed by atoms with Crippen LogP contribution in [0.5, 0.6) is 0 Å². The van der Waals surface area contributed by atoms with Gasteiger partial charge in [-0.3, -0.25) is 4.79 Å². The van der Waals surface area contributed by atoms with Crippen LogP contribution < -0.4 is 5.32 Å². The normalized spacial score (nSPS) is 19.5. The van der Waals surface area contributed by atoms with Crippen molar-refractivity contribution in [3.63, 3.8) is 0 Å². The zero-order valence-electron chi connectivity index (χ0n) is 11.1. The first-order valence-corrected chi connectivity index (χ1v) is 6.79. The number of hydrogen-bond donors (Lipinski definition) is 1. The number of amides is 1. The van der Waals surface area contributed by atoms with Crippen LogP contribution in [0.15, 0.2) is 30.3 Å². The van der Waals surface area contributed by atoms with Crippen molar-refractivity contribution in [3.05, 3.63) is 35.9 Å². The molecule has 0 aliphatic carbocycles. The molecule has 0 radical (unpaired) electrons. The lowest BCUT2D eigenvalue weighted by molar-refractivity contribution is -0.132. The Balaban J connectivity index is 1.80. The molecule has 3 nitrogen and oxygen atoms in total. The Labute approximate surface area is 109 Å². The van der Waals surface area contributed by atoms with Crippen molar-refractivity contribution in [3.8, 4) is 0 Å². The fourth-order valence-electron chi connectivity index (χ4n) is 2.38. The van der Waals surface area contributed by atoms with Crippen molar-refractivity contribution in [1.29, 1.82) is 0 Å². The molecule has 1 saturated heterocycles. The molecule has 1 fully saturated rings. The van der Waals surface area contributed by atoms with Gasteiger partial charge < -0.3 is 10.2 Å². The van der Waals surface area contributed by atoms with Crippen molar-refractivity contribution in [2.24, 2.45) is 0 Å². The van der Waals surface area contributed by atoms with Crippen LogP contribution in [0.1, 0.15) is 24.8 Å². The number of likely N-dealkylation sites (N-methyl/N-ethyl adjacent to an activating group) is 1. The minimum atomic E-state index is 0.0412. The number of carbonyl (C=O) groups excluding carboxylic acids is 1. The van der Waals surface area contributed by atoms with Crippen LogP contribution >= 0.6 is 0 Å². The second kappa shape index (κ2) is 6.55. The molecule has 1 aliphatic rings. The predicted molar refractivity (Wildman–Crippen MR) is 73.4 cm³/mol. The van der Waals surface area contributed by atoms with Gasteiger partial charge in [-0.2, -0.15) is 0 Å². The summed E-state index contributed by atoms with van der Waals surface area (Å²) in [6.45, 7) is 1.77. The van der Waals surface area contributed by atoms with E-state index in [2.05, 4.69) is 17.4 Å². The maximum Gasteiger partial charge on any atom is 0.239 e. The zero-order chi connectivity index (χ0) is 12.8. The van der Waals surface area contributed by atoms with Crippen molar-refractivity contribution in [2.45, 2.75) is 31.7 Å². The summed E-state index contributed by atoms with van der Waals surface area (Å²) < 4.78 is 0. The minimum Gasteiger partial charge on any atom is -0.344 e. The van der Waals surface area contributed by atoms with Crippen LogP contribution in [-0.4, -0.2) is 37.0 Å². The molecule has 1 amide bonds. The molecular weight excluding hydrogens is 224 g/mol. The molecule has 1 atom stereocenters. The lowest BCUT2D eigenvalue weighted by Crippen LogP contribution is -2.47. The van der Waals surface area contributed by atoms with Crippen molar-refractivity contribution in [2.75, 3.05) is 20.1 Å². The number of rotatable bonds is 4. The highest BCUT2D eigenvalue weighted by molar-refractivity contribution is 5.81. The maximum atomic E-state index is 12.2. The Kier molecular flexibility index (Phi) is 4.76. The van der Waals surface area contributed by atoms with Gasteiger partial charge >= 0.3 is 0 Å². The van der Waals surface area contributed by atoms with E-state index in [9.17, 15) is 4.79 Å². The summed E-state index contributed by atoms with van der Waals surface area (Å²) in [5, 5.41) is 3.31. The Morgan fingerprint density at radius 1 is 1.33 bits per heavy atom. The third kappa shape index (κ3) is 3.57. The summed E-state index contributed by atoms with van der Waals surface area (Å²) in [6.07, 6.45) is 4.26. The van der Waals surface area contributed by atoms with Gasteiger partial charge in [0.05, 0.1) is 6.04 Å². The molecule has 3 heteroatoms. The smallest absolute Gasteiger partial charge is 0.239 e. The number of nitrogens with one attached hydrogen (secondary N) is 1. The lowest BCUT2D eigenvalue weighted by atomic mass is 10.0. The summed E-state index contributed by atoms with van der Waals surface area (Å²) in [5.41, 5.74) is 1.29. The van der Waals surface area contributed by atoms with Gasteiger partial charge in [0.15, 0.2) is 0 Å². The van der Waals surface area contributed by atoms with E-state index >= 15 is 0 Å². The average molecular weight is 246 g/mol. The van der Waals surface area contributed by atoms with Gasteiger partial charge in [-0.15, -0.1) is 0 Å². The Bertz CT molecular complexity index is 371.